The van der Waals surface area contributed by atoms with E-state index in [-0.39, 0.29) is 0 Å². The van der Waals surface area contributed by atoms with Gasteiger partial charge in [-0.25, -0.2) is 4.98 Å². The number of fused-ring (bicyclic) bond motifs is 1. The van der Waals surface area contributed by atoms with Crippen molar-refractivity contribution in [3.8, 4) is 0 Å². The molecule has 3 rings (SSSR count). The fourth-order valence-corrected chi connectivity index (χ4v) is 5.34. The summed E-state index contributed by atoms with van der Waals surface area (Å²) in [6, 6.07) is 0.481. The summed E-state index contributed by atoms with van der Waals surface area (Å²) >= 11 is 4.06. The highest BCUT2D eigenvalue weighted by molar-refractivity contribution is 8.00. The SMILES string of the molecule is CCC1CN(c2nc3c(s2)CCCC3NC)CCS1. The molecule has 1 aliphatic heterocycles. The molecule has 0 radical (unpaired) electrons. The zero-order valence-electron chi connectivity index (χ0n) is 11.8. The van der Waals surface area contributed by atoms with Crippen LogP contribution in [0.25, 0.3) is 0 Å². The van der Waals surface area contributed by atoms with Gasteiger partial charge in [0.1, 0.15) is 0 Å². The first kappa shape index (κ1) is 13.7. The number of rotatable bonds is 3. The van der Waals surface area contributed by atoms with Crippen LogP contribution in [0.2, 0.25) is 0 Å². The number of aromatic nitrogens is 1. The normalized spacial score (nSPS) is 27.4. The van der Waals surface area contributed by atoms with Gasteiger partial charge in [0, 0.05) is 29.0 Å². The Labute approximate surface area is 124 Å². The Morgan fingerprint density at radius 2 is 2.37 bits per heavy atom. The highest BCUT2D eigenvalue weighted by atomic mass is 32.2. The molecule has 0 bridgehead atoms. The van der Waals surface area contributed by atoms with Gasteiger partial charge in [-0.2, -0.15) is 11.8 Å². The van der Waals surface area contributed by atoms with Gasteiger partial charge in [-0.05, 0) is 32.7 Å². The largest absolute Gasteiger partial charge is 0.346 e. The van der Waals surface area contributed by atoms with Crippen LogP contribution in [0.5, 0.6) is 0 Å². The van der Waals surface area contributed by atoms with Crippen molar-refractivity contribution in [1.29, 1.82) is 0 Å². The van der Waals surface area contributed by atoms with E-state index in [1.54, 1.807) is 0 Å². The molecule has 1 fully saturated rings. The standard InChI is InChI=1S/C14H23N3S2/c1-3-10-9-17(7-8-18-10)14-16-13-11(15-2)5-4-6-12(13)19-14/h10-11,15H,3-9H2,1-2H3. The van der Waals surface area contributed by atoms with E-state index in [9.17, 15) is 0 Å². The van der Waals surface area contributed by atoms with E-state index >= 15 is 0 Å². The monoisotopic (exact) mass is 297 g/mol. The van der Waals surface area contributed by atoms with Gasteiger partial charge in [0.05, 0.1) is 11.7 Å². The van der Waals surface area contributed by atoms with Crippen molar-refractivity contribution >= 4 is 28.2 Å². The minimum absolute atomic E-state index is 0.481. The molecular weight excluding hydrogens is 274 g/mol. The molecule has 2 unspecified atom stereocenters. The van der Waals surface area contributed by atoms with Crippen molar-refractivity contribution in [3.63, 3.8) is 0 Å². The Hall–Kier alpha value is -0.260. The molecule has 3 nitrogen and oxygen atoms in total. The van der Waals surface area contributed by atoms with Gasteiger partial charge in [-0.3, -0.25) is 0 Å². The average Bonchev–Trinajstić information content (AvgIpc) is 2.91. The predicted molar refractivity (Wildman–Crippen MR) is 85.6 cm³/mol. The maximum absolute atomic E-state index is 4.97. The fraction of sp³-hybridized carbons (Fsp3) is 0.786. The van der Waals surface area contributed by atoms with E-state index in [0.29, 0.717) is 6.04 Å². The summed E-state index contributed by atoms with van der Waals surface area (Å²) in [6.45, 7) is 4.64. The highest BCUT2D eigenvalue weighted by Gasteiger charge is 2.27. The molecule has 2 heterocycles. The summed E-state index contributed by atoms with van der Waals surface area (Å²) in [5.41, 5.74) is 1.33. The van der Waals surface area contributed by atoms with Gasteiger partial charge in [-0.15, -0.1) is 11.3 Å². The van der Waals surface area contributed by atoms with E-state index in [2.05, 4.69) is 35.9 Å². The Morgan fingerprint density at radius 3 is 3.16 bits per heavy atom. The maximum atomic E-state index is 4.97. The topological polar surface area (TPSA) is 28.2 Å². The van der Waals surface area contributed by atoms with Gasteiger partial charge in [-0.1, -0.05) is 6.92 Å². The second-order valence-electron chi connectivity index (χ2n) is 5.39. The first-order valence-electron chi connectivity index (χ1n) is 7.35. The molecule has 2 atom stereocenters. The number of aryl methyl sites for hydroxylation is 1. The van der Waals surface area contributed by atoms with E-state index in [1.807, 2.05) is 11.3 Å². The molecule has 1 aromatic heterocycles. The zero-order valence-corrected chi connectivity index (χ0v) is 13.4. The van der Waals surface area contributed by atoms with E-state index in [4.69, 9.17) is 4.98 Å². The second kappa shape index (κ2) is 6.02. The molecule has 1 aromatic rings. The van der Waals surface area contributed by atoms with Crippen LogP contribution in [0.3, 0.4) is 0 Å². The number of nitrogens with zero attached hydrogens (tertiary/aromatic N) is 2. The third kappa shape index (κ3) is 2.78. The smallest absolute Gasteiger partial charge is 0.185 e. The summed E-state index contributed by atoms with van der Waals surface area (Å²) in [5, 5.41) is 5.47. The Balaban J connectivity index is 1.80. The first-order valence-corrected chi connectivity index (χ1v) is 9.21. The molecule has 0 aromatic carbocycles. The molecule has 1 aliphatic carbocycles. The van der Waals surface area contributed by atoms with Crippen molar-refractivity contribution in [1.82, 2.24) is 10.3 Å². The van der Waals surface area contributed by atoms with Crippen molar-refractivity contribution in [3.05, 3.63) is 10.6 Å². The first-order chi connectivity index (χ1) is 9.31. The molecule has 1 saturated heterocycles. The van der Waals surface area contributed by atoms with E-state index in [0.717, 1.165) is 11.8 Å². The number of thiazole rings is 1. The van der Waals surface area contributed by atoms with Gasteiger partial charge >= 0.3 is 0 Å². The van der Waals surface area contributed by atoms with Crippen LogP contribution in [0.15, 0.2) is 0 Å². The van der Waals surface area contributed by atoms with Crippen molar-refractivity contribution in [2.45, 2.75) is 43.9 Å². The van der Waals surface area contributed by atoms with Crippen LogP contribution in [0, 0.1) is 0 Å². The van der Waals surface area contributed by atoms with Gasteiger partial charge in [0.2, 0.25) is 0 Å². The van der Waals surface area contributed by atoms with Crippen LogP contribution < -0.4 is 10.2 Å². The molecule has 0 amide bonds. The van der Waals surface area contributed by atoms with Crippen molar-refractivity contribution < 1.29 is 0 Å². The lowest BCUT2D eigenvalue weighted by Crippen LogP contribution is -2.37. The predicted octanol–water partition coefficient (Wildman–Crippen LogP) is 3.07. The summed E-state index contributed by atoms with van der Waals surface area (Å²) < 4.78 is 0. The van der Waals surface area contributed by atoms with Crippen molar-refractivity contribution in [2.75, 3.05) is 30.8 Å². The number of hydrogen-bond donors (Lipinski definition) is 1. The van der Waals surface area contributed by atoms with Crippen LogP contribution in [-0.4, -0.2) is 36.1 Å². The summed E-state index contributed by atoms with van der Waals surface area (Å²) in [5.74, 6) is 1.25. The molecule has 2 aliphatic rings. The Bertz CT molecular complexity index is 432. The van der Waals surface area contributed by atoms with Crippen LogP contribution in [0.1, 0.15) is 42.8 Å². The number of nitrogens with one attached hydrogen (secondary N) is 1. The van der Waals surface area contributed by atoms with Gasteiger partial charge < -0.3 is 10.2 Å². The minimum Gasteiger partial charge on any atom is -0.346 e. The molecule has 5 heteroatoms. The zero-order chi connectivity index (χ0) is 13.2. The minimum atomic E-state index is 0.481. The Morgan fingerprint density at radius 1 is 1.47 bits per heavy atom. The maximum Gasteiger partial charge on any atom is 0.185 e. The van der Waals surface area contributed by atoms with E-state index < -0.39 is 0 Å². The number of anilines is 1. The number of thioether (sulfide) groups is 1. The summed E-state index contributed by atoms with van der Waals surface area (Å²) in [4.78, 5) is 9.00. The third-order valence-corrected chi connectivity index (χ3v) is 6.72. The summed E-state index contributed by atoms with van der Waals surface area (Å²) in [6.07, 6.45) is 5.03. The molecular formula is C14H23N3S2. The average molecular weight is 297 g/mol. The highest BCUT2D eigenvalue weighted by Crippen LogP contribution is 2.37. The fourth-order valence-electron chi connectivity index (χ4n) is 2.96. The molecule has 0 saturated carbocycles. The quantitative estimate of drug-likeness (QED) is 0.928. The summed E-state index contributed by atoms with van der Waals surface area (Å²) in [7, 11) is 2.06. The molecule has 1 N–H and O–H groups in total. The van der Waals surface area contributed by atoms with Gasteiger partial charge in [0.25, 0.3) is 0 Å². The molecule has 19 heavy (non-hydrogen) atoms. The Kier molecular flexibility index (Phi) is 4.34. The second-order valence-corrected chi connectivity index (χ2v) is 7.86. The third-order valence-electron chi connectivity index (χ3n) is 4.16. The van der Waals surface area contributed by atoms with Crippen LogP contribution in [0.4, 0.5) is 5.13 Å². The van der Waals surface area contributed by atoms with E-state index in [1.165, 1.54) is 53.7 Å². The van der Waals surface area contributed by atoms with Crippen molar-refractivity contribution in [2.24, 2.45) is 0 Å². The number of hydrogen-bond acceptors (Lipinski definition) is 5. The van der Waals surface area contributed by atoms with Gasteiger partial charge in [0.15, 0.2) is 5.13 Å². The molecule has 0 spiro atoms. The molecule has 106 valence electrons. The lowest BCUT2D eigenvalue weighted by molar-refractivity contribution is 0.489. The lowest BCUT2D eigenvalue weighted by Gasteiger charge is -2.31. The van der Waals surface area contributed by atoms with Crippen LogP contribution >= 0.6 is 23.1 Å². The van der Waals surface area contributed by atoms with Crippen LogP contribution in [-0.2, 0) is 6.42 Å². The lowest BCUT2D eigenvalue weighted by atomic mass is 9.98.